The molecule has 0 fully saturated rings. The van der Waals surface area contributed by atoms with Gasteiger partial charge in [-0.3, -0.25) is 0 Å². The third kappa shape index (κ3) is 3.51. The van der Waals surface area contributed by atoms with E-state index < -0.39 is 28.2 Å². The first-order chi connectivity index (χ1) is 12.7. The Morgan fingerprint density at radius 3 is 2.44 bits per heavy atom. The van der Waals surface area contributed by atoms with Crippen molar-refractivity contribution in [1.82, 2.24) is 10.3 Å². The summed E-state index contributed by atoms with van der Waals surface area (Å²) in [7, 11) is 1.49. The van der Waals surface area contributed by atoms with E-state index in [2.05, 4.69) is 10.4 Å². The van der Waals surface area contributed by atoms with Gasteiger partial charge in [-0.05, 0) is 24.6 Å². The fourth-order valence-corrected chi connectivity index (χ4v) is 3.48. The Balaban J connectivity index is 2.11. The monoisotopic (exact) mass is 395 g/mol. The van der Waals surface area contributed by atoms with E-state index in [9.17, 15) is 18.0 Å². The van der Waals surface area contributed by atoms with Crippen LogP contribution in [0, 0.1) is 0 Å². The number of halogens is 4. The van der Waals surface area contributed by atoms with Crippen LogP contribution in [0.3, 0.4) is 0 Å². The summed E-state index contributed by atoms with van der Waals surface area (Å²) in [6, 6.07) is 12.5. The highest BCUT2D eigenvalue weighted by Crippen LogP contribution is 2.39. The minimum absolute atomic E-state index is 0.255. The first kappa shape index (κ1) is 19.2. The molecular formula is C19H17ClF3N3O. The van der Waals surface area contributed by atoms with Gasteiger partial charge < -0.3 is 5.32 Å². The molecule has 0 bridgehead atoms. The molecule has 0 radical (unpaired) electrons. The average Bonchev–Trinajstić information content (AvgIpc) is 2.99. The summed E-state index contributed by atoms with van der Waals surface area (Å²) in [5.41, 5.74) is 0.206. The van der Waals surface area contributed by atoms with Crippen LogP contribution in [-0.4, -0.2) is 30.3 Å². The quantitative estimate of drug-likeness (QED) is 0.788. The molecule has 2 amide bonds. The first-order valence-corrected chi connectivity index (χ1v) is 8.55. The third-order valence-electron chi connectivity index (χ3n) is 4.62. The zero-order valence-corrected chi connectivity index (χ0v) is 15.4. The molecule has 142 valence electrons. The number of alkyl halides is 3. The SMILES string of the molecule is CNC(=O)N1CC(C)(c2ccccc2)C(c2ccc(C(F)(F)F)c(Cl)c2)=N1. The van der Waals surface area contributed by atoms with Crippen LogP contribution in [0.25, 0.3) is 0 Å². The van der Waals surface area contributed by atoms with Crippen LogP contribution in [0.5, 0.6) is 0 Å². The summed E-state index contributed by atoms with van der Waals surface area (Å²) in [6.45, 7) is 2.15. The molecule has 0 aliphatic carbocycles. The summed E-state index contributed by atoms with van der Waals surface area (Å²) in [6.07, 6.45) is -4.54. The van der Waals surface area contributed by atoms with E-state index in [0.717, 1.165) is 11.6 Å². The van der Waals surface area contributed by atoms with Crippen molar-refractivity contribution in [3.8, 4) is 0 Å². The van der Waals surface area contributed by atoms with Crippen molar-refractivity contribution in [2.45, 2.75) is 18.5 Å². The normalized spacial score (nSPS) is 19.8. The Labute approximate surface area is 159 Å². The van der Waals surface area contributed by atoms with E-state index in [1.807, 2.05) is 37.3 Å². The third-order valence-corrected chi connectivity index (χ3v) is 4.93. The minimum Gasteiger partial charge on any atom is -0.340 e. The molecule has 1 heterocycles. The largest absolute Gasteiger partial charge is 0.417 e. The predicted octanol–water partition coefficient (Wildman–Crippen LogP) is 4.68. The van der Waals surface area contributed by atoms with Crippen molar-refractivity contribution in [1.29, 1.82) is 0 Å². The lowest BCUT2D eigenvalue weighted by molar-refractivity contribution is -0.137. The van der Waals surface area contributed by atoms with Gasteiger partial charge in [-0.1, -0.05) is 48.0 Å². The number of benzene rings is 2. The van der Waals surface area contributed by atoms with Crippen LogP contribution in [0.1, 0.15) is 23.6 Å². The molecular weight excluding hydrogens is 379 g/mol. The zero-order valence-electron chi connectivity index (χ0n) is 14.6. The number of hydrogen-bond acceptors (Lipinski definition) is 2. The van der Waals surface area contributed by atoms with Gasteiger partial charge in [0, 0.05) is 12.6 Å². The number of nitrogens with one attached hydrogen (secondary N) is 1. The van der Waals surface area contributed by atoms with Gasteiger partial charge in [0.2, 0.25) is 0 Å². The van der Waals surface area contributed by atoms with Gasteiger partial charge in [-0.25, -0.2) is 9.80 Å². The molecule has 1 aliphatic heterocycles. The van der Waals surface area contributed by atoms with Crippen molar-refractivity contribution in [3.63, 3.8) is 0 Å². The standard InChI is InChI=1S/C19H17ClF3N3O/c1-18(13-6-4-3-5-7-13)11-26(17(27)24-2)25-16(18)12-8-9-14(15(20)10-12)19(21,22)23/h3-10H,11H2,1-2H3,(H,24,27). The average molecular weight is 396 g/mol. The van der Waals surface area contributed by atoms with Crippen LogP contribution in [0.15, 0.2) is 53.6 Å². The number of carbonyl (C=O) groups excluding carboxylic acids is 1. The lowest BCUT2D eigenvalue weighted by atomic mass is 9.76. The van der Waals surface area contributed by atoms with Gasteiger partial charge >= 0.3 is 12.2 Å². The highest BCUT2D eigenvalue weighted by atomic mass is 35.5. The topological polar surface area (TPSA) is 44.7 Å². The molecule has 0 saturated heterocycles. The van der Waals surface area contributed by atoms with Gasteiger partial charge in [-0.15, -0.1) is 0 Å². The molecule has 4 nitrogen and oxygen atoms in total. The Kier molecular flexibility index (Phi) is 4.90. The molecule has 8 heteroatoms. The van der Waals surface area contributed by atoms with Gasteiger partial charge in [0.1, 0.15) is 0 Å². The number of nitrogens with zero attached hydrogens (tertiary/aromatic N) is 2. The Bertz CT molecular complexity index is 899. The number of hydrogen-bond donors (Lipinski definition) is 1. The van der Waals surface area contributed by atoms with Crippen molar-refractivity contribution in [2.75, 3.05) is 13.6 Å². The first-order valence-electron chi connectivity index (χ1n) is 8.18. The summed E-state index contributed by atoms with van der Waals surface area (Å²) in [5.74, 6) is 0. The van der Waals surface area contributed by atoms with E-state index in [0.29, 0.717) is 11.3 Å². The Morgan fingerprint density at radius 1 is 1.22 bits per heavy atom. The summed E-state index contributed by atoms with van der Waals surface area (Å²) < 4.78 is 39.0. The maximum absolute atomic E-state index is 13.0. The van der Waals surface area contributed by atoms with Crippen molar-refractivity contribution in [2.24, 2.45) is 5.10 Å². The summed E-state index contributed by atoms with van der Waals surface area (Å²) in [4.78, 5) is 12.1. The molecule has 27 heavy (non-hydrogen) atoms. The second-order valence-corrected chi connectivity index (χ2v) is 6.86. The lowest BCUT2D eigenvalue weighted by Crippen LogP contribution is -2.40. The maximum Gasteiger partial charge on any atom is 0.417 e. The molecule has 0 saturated carbocycles. The van der Waals surface area contributed by atoms with Crippen LogP contribution < -0.4 is 5.32 Å². The van der Waals surface area contributed by atoms with Crippen molar-refractivity contribution in [3.05, 3.63) is 70.2 Å². The fourth-order valence-electron chi connectivity index (χ4n) is 3.19. The number of hydrazone groups is 1. The van der Waals surface area contributed by atoms with E-state index in [1.54, 1.807) is 0 Å². The Morgan fingerprint density at radius 2 is 1.89 bits per heavy atom. The second kappa shape index (κ2) is 6.88. The number of rotatable bonds is 2. The highest BCUT2D eigenvalue weighted by Gasteiger charge is 2.43. The fraction of sp³-hybridized carbons (Fsp3) is 0.263. The number of carbonyl (C=O) groups is 1. The number of amides is 2. The minimum atomic E-state index is -4.54. The van der Waals surface area contributed by atoms with E-state index in [-0.39, 0.29) is 6.54 Å². The molecule has 0 spiro atoms. The zero-order chi connectivity index (χ0) is 19.8. The molecule has 1 atom stereocenters. The maximum atomic E-state index is 13.0. The van der Waals surface area contributed by atoms with Crippen LogP contribution >= 0.6 is 11.6 Å². The van der Waals surface area contributed by atoms with Crippen molar-refractivity contribution >= 4 is 23.3 Å². The molecule has 0 aromatic heterocycles. The lowest BCUT2D eigenvalue weighted by Gasteiger charge is -2.27. The summed E-state index contributed by atoms with van der Waals surface area (Å²) >= 11 is 5.89. The molecule has 1 unspecified atom stereocenters. The summed E-state index contributed by atoms with van der Waals surface area (Å²) in [5, 5.41) is 7.77. The smallest absolute Gasteiger partial charge is 0.340 e. The van der Waals surface area contributed by atoms with Gasteiger partial charge in [0.15, 0.2) is 0 Å². The van der Waals surface area contributed by atoms with Crippen molar-refractivity contribution < 1.29 is 18.0 Å². The van der Waals surface area contributed by atoms with Crippen LogP contribution in [-0.2, 0) is 11.6 Å². The van der Waals surface area contributed by atoms with Crippen LogP contribution in [0.2, 0.25) is 5.02 Å². The predicted molar refractivity (Wildman–Crippen MR) is 97.9 cm³/mol. The van der Waals surface area contributed by atoms with E-state index >= 15 is 0 Å². The Hall–Kier alpha value is -2.54. The second-order valence-electron chi connectivity index (χ2n) is 6.45. The van der Waals surface area contributed by atoms with Crippen LogP contribution in [0.4, 0.5) is 18.0 Å². The van der Waals surface area contributed by atoms with E-state index in [1.165, 1.54) is 24.2 Å². The van der Waals surface area contributed by atoms with Gasteiger partial charge in [0.25, 0.3) is 0 Å². The molecule has 2 aromatic carbocycles. The van der Waals surface area contributed by atoms with Gasteiger partial charge in [-0.2, -0.15) is 18.3 Å². The van der Waals surface area contributed by atoms with E-state index in [4.69, 9.17) is 11.6 Å². The molecule has 3 rings (SSSR count). The molecule has 1 aliphatic rings. The molecule has 2 aromatic rings. The molecule has 1 N–H and O–H groups in total. The highest BCUT2D eigenvalue weighted by molar-refractivity contribution is 6.32. The number of urea groups is 1. The van der Waals surface area contributed by atoms with Gasteiger partial charge in [0.05, 0.1) is 28.3 Å².